The molecule has 1 atom stereocenters. The second-order valence-corrected chi connectivity index (χ2v) is 10.3. The average Bonchev–Trinajstić information content (AvgIpc) is 3.44. The molecule has 0 amide bonds. The Labute approximate surface area is 182 Å². The normalized spacial score (nSPS) is 19.6. The Morgan fingerprint density at radius 1 is 0.871 bits per heavy atom. The van der Waals surface area contributed by atoms with E-state index in [1.165, 1.54) is 28.9 Å². The quantitative estimate of drug-likeness (QED) is 0.446. The Morgan fingerprint density at radius 3 is 2.68 bits per heavy atom. The molecule has 3 heterocycles. The molecule has 4 aromatic rings. The van der Waals surface area contributed by atoms with Crippen LogP contribution in [-0.4, -0.2) is 36.4 Å². The Hall–Kier alpha value is -2.89. The van der Waals surface area contributed by atoms with Gasteiger partial charge in [0.15, 0.2) is 0 Å². The van der Waals surface area contributed by atoms with Crippen molar-refractivity contribution in [1.82, 2.24) is 8.87 Å². The van der Waals surface area contributed by atoms with Crippen LogP contribution >= 0.6 is 0 Å². The van der Waals surface area contributed by atoms with Crippen LogP contribution in [0, 0.1) is 0 Å². The summed E-state index contributed by atoms with van der Waals surface area (Å²) in [5.74, 6) is 0. The van der Waals surface area contributed by atoms with Gasteiger partial charge in [-0.2, -0.15) is 0 Å². The van der Waals surface area contributed by atoms with E-state index >= 15 is 0 Å². The predicted octanol–water partition coefficient (Wildman–Crippen LogP) is 5.28. The maximum absolute atomic E-state index is 13.7. The van der Waals surface area contributed by atoms with E-state index in [0.29, 0.717) is 10.9 Å². The van der Waals surface area contributed by atoms with Crippen LogP contribution in [0.2, 0.25) is 0 Å². The zero-order valence-electron chi connectivity index (χ0n) is 17.2. The minimum Gasteiger partial charge on any atom is -0.297 e. The lowest BCUT2D eigenvalue weighted by Gasteiger charge is -2.28. The van der Waals surface area contributed by atoms with Gasteiger partial charge in [-0.05, 0) is 60.5 Å². The van der Waals surface area contributed by atoms with Crippen LogP contribution in [0.1, 0.15) is 24.8 Å². The van der Waals surface area contributed by atoms with E-state index in [2.05, 4.69) is 23.1 Å². The highest BCUT2D eigenvalue weighted by atomic mass is 32.2. The fourth-order valence-corrected chi connectivity index (χ4v) is 6.74. The van der Waals surface area contributed by atoms with Gasteiger partial charge in [0.25, 0.3) is 10.0 Å². The van der Waals surface area contributed by atoms with Gasteiger partial charge in [0.05, 0.1) is 10.4 Å². The number of rotatable bonds is 3. The largest absolute Gasteiger partial charge is 0.297 e. The minimum atomic E-state index is -3.72. The molecule has 156 valence electrons. The first-order valence-corrected chi connectivity index (χ1v) is 12.3. The Bertz CT molecular complexity index is 1440. The zero-order chi connectivity index (χ0) is 21.0. The minimum absolute atomic E-state index is 0.340. The molecule has 1 unspecified atom stereocenters. The first kappa shape index (κ1) is 18.8. The van der Waals surface area contributed by atoms with Gasteiger partial charge in [0.1, 0.15) is 0 Å². The van der Waals surface area contributed by atoms with Gasteiger partial charge in [-0.25, -0.2) is 12.4 Å². The molecule has 0 saturated carbocycles. The molecular formula is C26H24N2O2S. The lowest BCUT2D eigenvalue weighted by atomic mass is 9.95. The summed E-state index contributed by atoms with van der Waals surface area (Å²) in [6, 6.07) is 21.7. The summed E-state index contributed by atoms with van der Waals surface area (Å²) in [6.45, 7) is 2.28. The molecule has 0 aliphatic carbocycles. The van der Waals surface area contributed by atoms with E-state index in [0.717, 1.165) is 40.2 Å². The standard InChI is InChI=1S/C26H24N2O2S/c29-31(30,26-9-3-6-19-5-1-2-8-24(19)26)28-16-13-20-10-11-21(18-25(20)28)22-12-15-27-14-4-7-23(27)17-22/h1-3,5-6,8-11,13,16-18,23H,4,7,12,14-15H2. The van der Waals surface area contributed by atoms with E-state index < -0.39 is 10.0 Å². The highest BCUT2D eigenvalue weighted by Crippen LogP contribution is 2.33. The van der Waals surface area contributed by atoms with Crippen LogP contribution in [-0.2, 0) is 10.0 Å². The molecular weight excluding hydrogens is 404 g/mol. The van der Waals surface area contributed by atoms with Crippen molar-refractivity contribution >= 4 is 37.3 Å². The molecule has 3 aromatic carbocycles. The first-order valence-electron chi connectivity index (χ1n) is 10.9. The van der Waals surface area contributed by atoms with Crippen molar-refractivity contribution in [3.8, 4) is 0 Å². The molecule has 2 aliphatic rings. The van der Waals surface area contributed by atoms with Crippen LogP contribution in [0.15, 0.2) is 83.9 Å². The molecule has 2 aliphatic heterocycles. The summed E-state index contributed by atoms with van der Waals surface area (Å²) in [5.41, 5.74) is 3.20. The molecule has 6 rings (SSSR count). The molecule has 1 aromatic heterocycles. The highest BCUT2D eigenvalue weighted by Gasteiger charge is 2.27. The van der Waals surface area contributed by atoms with Crippen molar-refractivity contribution in [2.24, 2.45) is 0 Å². The van der Waals surface area contributed by atoms with Crippen molar-refractivity contribution in [3.05, 3.63) is 84.6 Å². The summed E-state index contributed by atoms with van der Waals surface area (Å²) in [7, 11) is -3.72. The van der Waals surface area contributed by atoms with E-state index in [1.54, 1.807) is 12.3 Å². The third-order valence-electron chi connectivity index (χ3n) is 6.79. The summed E-state index contributed by atoms with van der Waals surface area (Å²) in [4.78, 5) is 2.89. The number of aromatic nitrogens is 1. The molecule has 4 nitrogen and oxygen atoms in total. The zero-order valence-corrected chi connectivity index (χ0v) is 18.1. The molecule has 5 heteroatoms. The van der Waals surface area contributed by atoms with Gasteiger partial charge in [-0.3, -0.25) is 4.90 Å². The first-order chi connectivity index (χ1) is 15.1. The van der Waals surface area contributed by atoms with Crippen molar-refractivity contribution < 1.29 is 8.42 Å². The lowest BCUT2D eigenvalue weighted by molar-refractivity contribution is 0.288. The molecule has 1 fully saturated rings. The van der Waals surface area contributed by atoms with Gasteiger partial charge in [0.2, 0.25) is 0 Å². The Morgan fingerprint density at radius 2 is 1.74 bits per heavy atom. The average molecular weight is 429 g/mol. The lowest BCUT2D eigenvalue weighted by Crippen LogP contribution is -2.32. The van der Waals surface area contributed by atoms with E-state index in [9.17, 15) is 8.42 Å². The van der Waals surface area contributed by atoms with Gasteiger partial charge in [-0.1, -0.05) is 54.6 Å². The van der Waals surface area contributed by atoms with Crippen LogP contribution in [0.5, 0.6) is 0 Å². The maximum atomic E-state index is 13.7. The van der Waals surface area contributed by atoms with Crippen molar-refractivity contribution in [3.63, 3.8) is 0 Å². The van der Waals surface area contributed by atoms with Gasteiger partial charge in [-0.15, -0.1) is 0 Å². The maximum Gasteiger partial charge on any atom is 0.268 e. The molecule has 0 N–H and O–H groups in total. The number of hydrogen-bond donors (Lipinski definition) is 0. The van der Waals surface area contributed by atoms with E-state index in [4.69, 9.17) is 0 Å². The number of benzene rings is 3. The van der Waals surface area contributed by atoms with Crippen molar-refractivity contribution in [2.45, 2.75) is 30.2 Å². The summed E-state index contributed by atoms with van der Waals surface area (Å²) in [6.07, 6.45) is 7.57. The SMILES string of the molecule is O=S(=O)(c1cccc2ccccc12)n1ccc2ccc(C3=CC4CCCN4CC3)cc21. The summed E-state index contributed by atoms with van der Waals surface area (Å²) in [5, 5.41) is 2.61. The summed E-state index contributed by atoms with van der Waals surface area (Å²) < 4.78 is 28.8. The van der Waals surface area contributed by atoms with Crippen LogP contribution in [0.4, 0.5) is 0 Å². The van der Waals surface area contributed by atoms with Gasteiger partial charge >= 0.3 is 0 Å². The third-order valence-corrected chi connectivity index (χ3v) is 8.54. The summed E-state index contributed by atoms with van der Waals surface area (Å²) >= 11 is 0. The molecule has 0 bridgehead atoms. The van der Waals surface area contributed by atoms with Gasteiger partial charge in [0, 0.05) is 29.6 Å². The van der Waals surface area contributed by atoms with Crippen molar-refractivity contribution in [2.75, 3.05) is 13.1 Å². The molecule has 1 saturated heterocycles. The fourth-order valence-electron chi connectivity index (χ4n) is 5.18. The van der Waals surface area contributed by atoms with Crippen LogP contribution in [0.3, 0.4) is 0 Å². The number of hydrogen-bond acceptors (Lipinski definition) is 3. The second kappa shape index (κ2) is 7.08. The predicted molar refractivity (Wildman–Crippen MR) is 126 cm³/mol. The third kappa shape index (κ3) is 3.03. The Balaban J connectivity index is 1.48. The van der Waals surface area contributed by atoms with Gasteiger partial charge < -0.3 is 0 Å². The van der Waals surface area contributed by atoms with Crippen LogP contribution in [0.25, 0.3) is 27.2 Å². The number of fused-ring (bicyclic) bond motifs is 3. The second-order valence-electron chi connectivity index (χ2n) is 8.55. The molecule has 0 radical (unpaired) electrons. The van der Waals surface area contributed by atoms with Crippen molar-refractivity contribution in [1.29, 1.82) is 0 Å². The fraction of sp³-hybridized carbons (Fsp3) is 0.231. The molecule has 31 heavy (non-hydrogen) atoms. The monoisotopic (exact) mass is 428 g/mol. The number of nitrogens with zero attached hydrogens (tertiary/aromatic N) is 2. The Kier molecular flexibility index (Phi) is 4.30. The molecule has 0 spiro atoms. The van der Waals surface area contributed by atoms with Crippen LogP contribution < -0.4 is 0 Å². The topological polar surface area (TPSA) is 42.3 Å². The smallest absolute Gasteiger partial charge is 0.268 e. The highest BCUT2D eigenvalue weighted by molar-refractivity contribution is 7.90. The van der Waals surface area contributed by atoms with E-state index in [1.807, 2.05) is 48.5 Å². The van der Waals surface area contributed by atoms with E-state index in [-0.39, 0.29) is 0 Å².